The highest BCUT2D eigenvalue weighted by Gasteiger charge is 2.07. The van der Waals surface area contributed by atoms with Crippen LogP contribution in [0.3, 0.4) is 0 Å². The second-order valence-corrected chi connectivity index (χ2v) is 2.78. The Bertz CT molecular complexity index is 379. The van der Waals surface area contributed by atoms with Crippen molar-refractivity contribution in [1.82, 2.24) is 4.98 Å². The molecule has 0 aliphatic heterocycles. The number of hydrogen-bond donors (Lipinski definition) is 1. The fraction of sp³-hybridized carbons (Fsp3) is 0. The van der Waals surface area contributed by atoms with Gasteiger partial charge in [-0.3, -0.25) is 15.1 Å². The van der Waals surface area contributed by atoms with Crippen molar-refractivity contribution >= 4 is 16.3 Å². The van der Waals surface area contributed by atoms with Crippen LogP contribution in [0.2, 0.25) is 0 Å². The Morgan fingerprint density at radius 1 is 1.67 bits per heavy atom. The van der Waals surface area contributed by atoms with Crippen LogP contribution in [0.1, 0.15) is 0 Å². The molecule has 1 N–H and O–H groups in total. The molecule has 64 valence electrons. The van der Waals surface area contributed by atoms with Crippen molar-refractivity contribution in [2.45, 2.75) is 5.03 Å². The molecule has 0 unspecified atom stereocenters. The van der Waals surface area contributed by atoms with Gasteiger partial charge in [-0.1, -0.05) is 0 Å². The van der Waals surface area contributed by atoms with Crippen molar-refractivity contribution in [1.29, 1.82) is 4.78 Å². The topological polar surface area (TPSA) is 97.0 Å². The van der Waals surface area contributed by atoms with Gasteiger partial charge in [-0.05, 0) is 6.07 Å². The normalized spacial score (nSPS) is 10.1. The van der Waals surface area contributed by atoms with Gasteiger partial charge in [0.1, 0.15) is 0 Å². The van der Waals surface area contributed by atoms with Gasteiger partial charge >= 0.3 is 0 Å². The molecule has 1 aromatic rings. The first-order chi connectivity index (χ1) is 5.63. The summed E-state index contributed by atoms with van der Waals surface area (Å²) < 4.78 is 17.3. The molecular formula is C5H4N3O3S-. The lowest BCUT2D eigenvalue weighted by Gasteiger charge is -2.00. The van der Waals surface area contributed by atoms with Crippen molar-refractivity contribution in [3.63, 3.8) is 0 Å². The van der Waals surface area contributed by atoms with E-state index in [-0.39, 0.29) is 10.7 Å². The van der Waals surface area contributed by atoms with E-state index in [4.69, 9.17) is 4.78 Å². The Labute approximate surface area is 69.4 Å². The molecule has 1 rings (SSSR count). The first-order valence-corrected chi connectivity index (χ1v) is 4.00. The molecule has 0 aliphatic carbocycles. The molecule has 0 fully saturated rings. The lowest BCUT2D eigenvalue weighted by atomic mass is 10.4. The molecule has 0 radical (unpaired) electrons. The van der Waals surface area contributed by atoms with E-state index in [1.54, 1.807) is 0 Å². The van der Waals surface area contributed by atoms with Gasteiger partial charge in [0.25, 0.3) is 5.69 Å². The zero-order valence-corrected chi connectivity index (χ0v) is 6.58. The summed E-state index contributed by atoms with van der Waals surface area (Å²) in [5.41, 5.74) is -0.383. The molecule has 0 bridgehead atoms. The summed E-state index contributed by atoms with van der Waals surface area (Å²) in [6, 6.07) is 2.52. The molecule has 1 heterocycles. The molecule has 0 saturated carbocycles. The van der Waals surface area contributed by atoms with Crippen LogP contribution in [0.4, 0.5) is 5.69 Å². The van der Waals surface area contributed by atoms with E-state index in [0.717, 1.165) is 6.07 Å². The van der Waals surface area contributed by atoms with E-state index in [0.29, 0.717) is 0 Å². The van der Waals surface area contributed by atoms with Crippen LogP contribution in [0.15, 0.2) is 23.4 Å². The molecule has 0 saturated heterocycles. The molecule has 1 aromatic heterocycles. The SMILES string of the molecule is N=[S-](=O)c1ncccc1[N+](=O)[O-]. The van der Waals surface area contributed by atoms with Crippen molar-refractivity contribution in [3.05, 3.63) is 28.4 Å². The standard InChI is InChI=1S/C5H4N3O3S/c6-12(11)5-4(8(9)10)2-1-3-7-5/h1-3,6H/q-1. The predicted molar refractivity (Wildman–Crippen MR) is 39.9 cm³/mol. The Morgan fingerprint density at radius 2 is 2.33 bits per heavy atom. The van der Waals surface area contributed by atoms with Gasteiger partial charge in [-0.2, -0.15) is 0 Å². The highest BCUT2D eigenvalue weighted by Crippen LogP contribution is 2.15. The fourth-order valence-corrected chi connectivity index (χ4v) is 1.15. The zero-order valence-electron chi connectivity index (χ0n) is 5.76. The van der Waals surface area contributed by atoms with Crippen LogP contribution in [-0.4, -0.2) is 9.91 Å². The average molecular weight is 186 g/mol. The number of nitrogens with zero attached hydrogens (tertiary/aromatic N) is 2. The van der Waals surface area contributed by atoms with Crippen molar-refractivity contribution in [2.75, 3.05) is 0 Å². The van der Waals surface area contributed by atoms with Crippen LogP contribution in [0.25, 0.3) is 0 Å². The first-order valence-electron chi connectivity index (χ1n) is 2.85. The van der Waals surface area contributed by atoms with E-state index >= 15 is 0 Å². The Hall–Kier alpha value is -1.50. The van der Waals surface area contributed by atoms with Crippen LogP contribution in [0.5, 0.6) is 0 Å². The second-order valence-electron chi connectivity index (χ2n) is 1.85. The van der Waals surface area contributed by atoms with Crippen molar-refractivity contribution in [2.24, 2.45) is 0 Å². The molecule has 0 atom stereocenters. The summed E-state index contributed by atoms with van der Waals surface area (Å²) in [5.74, 6) is 0. The van der Waals surface area contributed by atoms with Crippen LogP contribution < -0.4 is 0 Å². The van der Waals surface area contributed by atoms with Crippen LogP contribution in [-0.2, 0) is 14.8 Å². The maximum atomic E-state index is 10.6. The third-order valence-corrected chi connectivity index (χ3v) is 1.79. The van der Waals surface area contributed by atoms with E-state index < -0.39 is 15.5 Å². The maximum Gasteiger partial charge on any atom is 0.272 e. The maximum absolute atomic E-state index is 10.6. The smallest absolute Gasteiger partial charge is 0.272 e. The Balaban J connectivity index is 3.36. The minimum atomic E-state index is -2.16. The zero-order chi connectivity index (χ0) is 9.14. The van der Waals surface area contributed by atoms with Gasteiger partial charge in [-0.25, -0.2) is 0 Å². The van der Waals surface area contributed by atoms with Crippen LogP contribution >= 0.6 is 0 Å². The molecule has 0 spiro atoms. The summed E-state index contributed by atoms with van der Waals surface area (Å²) in [7, 11) is -2.16. The van der Waals surface area contributed by atoms with Crippen molar-refractivity contribution in [3.8, 4) is 0 Å². The quantitative estimate of drug-likeness (QED) is 0.424. The number of pyridine rings is 1. The molecule has 12 heavy (non-hydrogen) atoms. The molecular weight excluding hydrogens is 182 g/mol. The number of aromatic nitrogens is 1. The third kappa shape index (κ3) is 1.56. The summed E-state index contributed by atoms with van der Waals surface area (Å²) >= 11 is 0. The van der Waals surface area contributed by atoms with E-state index in [1.165, 1.54) is 12.3 Å². The Kier molecular flexibility index (Phi) is 2.34. The van der Waals surface area contributed by atoms with Gasteiger partial charge in [-0.15, -0.1) is 10.6 Å². The molecule has 0 aromatic carbocycles. The minimum absolute atomic E-state index is 0.317. The van der Waals surface area contributed by atoms with Gasteiger partial charge in [0.2, 0.25) is 0 Å². The van der Waals surface area contributed by atoms with Gasteiger partial charge in [0.05, 0.1) is 9.95 Å². The molecule has 7 heteroatoms. The summed E-state index contributed by atoms with van der Waals surface area (Å²) in [4.78, 5) is 13.0. The lowest BCUT2D eigenvalue weighted by Crippen LogP contribution is -1.94. The summed E-state index contributed by atoms with van der Waals surface area (Å²) in [5, 5.41) is 9.96. The molecule has 0 aliphatic rings. The minimum Gasteiger partial charge on any atom is -0.439 e. The monoisotopic (exact) mass is 186 g/mol. The number of nitrogens with one attached hydrogen (secondary N) is 1. The number of nitro groups is 1. The fourth-order valence-electron chi connectivity index (χ4n) is 0.664. The largest absolute Gasteiger partial charge is 0.439 e. The van der Waals surface area contributed by atoms with Gasteiger partial charge in [0.15, 0.2) is 0 Å². The van der Waals surface area contributed by atoms with Crippen LogP contribution in [0, 0.1) is 14.9 Å². The molecule has 0 amide bonds. The van der Waals surface area contributed by atoms with Crippen molar-refractivity contribution < 1.29 is 9.13 Å². The number of rotatable bonds is 2. The number of hydrogen-bond acceptors (Lipinski definition) is 6. The van der Waals surface area contributed by atoms with Gasteiger partial charge < -0.3 is 8.99 Å². The summed E-state index contributed by atoms with van der Waals surface area (Å²) in [6.45, 7) is 0. The molecule has 6 nitrogen and oxygen atoms in total. The second kappa shape index (κ2) is 3.26. The highest BCUT2D eigenvalue weighted by atomic mass is 32.2. The Morgan fingerprint density at radius 3 is 2.75 bits per heavy atom. The van der Waals surface area contributed by atoms with E-state index in [1.807, 2.05) is 0 Å². The highest BCUT2D eigenvalue weighted by molar-refractivity contribution is 7.73. The first kappa shape index (κ1) is 8.60. The third-order valence-electron chi connectivity index (χ3n) is 1.12. The van der Waals surface area contributed by atoms with E-state index in [9.17, 15) is 14.3 Å². The average Bonchev–Trinajstić information content (AvgIpc) is 2.04. The predicted octanol–water partition coefficient (Wildman–Crippen LogP) is 1.07. The van der Waals surface area contributed by atoms with Gasteiger partial charge in [0, 0.05) is 12.3 Å². The summed E-state index contributed by atoms with van der Waals surface area (Å²) in [6.07, 6.45) is 1.26. The lowest BCUT2D eigenvalue weighted by molar-refractivity contribution is -0.388. The van der Waals surface area contributed by atoms with E-state index in [2.05, 4.69) is 4.98 Å².